The number of aromatic nitrogens is 2. The highest BCUT2D eigenvalue weighted by molar-refractivity contribution is 5.81. The van der Waals surface area contributed by atoms with E-state index in [1.165, 1.54) is 0 Å². The van der Waals surface area contributed by atoms with Crippen LogP contribution < -0.4 is 0 Å². The predicted molar refractivity (Wildman–Crippen MR) is 72.1 cm³/mol. The average molecular weight is 275 g/mol. The highest BCUT2D eigenvalue weighted by Gasteiger charge is 2.22. The molecule has 1 fully saturated rings. The van der Waals surface area contributed by atoms with Gasteiger partial charge in [0.1, 0.15) is 11.0 Å². The smallest absolute Gasteiger partial charge is 0.226 e. The van der Waals surface area contributed by atoms with Gasteiger partial charge in [0.05, 0.1) is 6.42 Å². The van der Waals surface area contributed by atoms with Crippen molar-refractivity contribution in [2.75, 3.05) is 20.3 Å². The van der Waals surface area contributed by atoms with E-state index in [0.717, 1.165) is 31.6 Å². The van der Waals surface area contributed by atoms with Crippen LogP contribution in [0, 0.1) is 0 Å². The van der Waals surface area contributed by atoms with E-state index < -0.39 is 0 Å². The lowest BCUT2D eigenvalue weighted by atomic mass is 10.1. The summed E-state index contributed by atoms with van der Waals surface area (Å²) < 4.78 is 9.98. The number of carbonyl (C=O) groups is 1. The molecule has 2 aromatic rings. The first-order valence-corrected chi connectivity index (χ1v) is 6.78. The molecule has 3 rings (SSSR count). The third-order valence-electron chi connectivity index (χ3n) is 3.81. The summed E-state index contributed by atoms with van der Waals surface area (Å²) in [4.78, 5) is 14.2. The van der Waals surface area contributed by atoms with Crippen LogP contribution in [0.3, 0.4) is 0 Å². The Morgan fingerprint density at radius 1 is 1.30 bits per heavy atom. The molecule has 0 unspecified atom stereocenters. The topological polar surface area (TPSA) is 68.5 Å². The van der Waals surface area contributed by atoms with E-state index in [0.29, 0.717) is 17.5 Å². The Bertz CT molecular complexity index is 604. The van der Waals surface area contributed by atoms with Gasteiger partial charge in [0, 0.05) is 26.3 Å². The number of likely N-dealkylation sites (N-methyl/N-ethyl adjacent to an activating group) is 1. The maximum Gasteiger partial charge on any atom is 0.226 e. The Morgan fingerprint density at radius 2 is 2.05 bits per heavy atom. The summed E-state index contributed by atoms with van der Waals surface area (Å²) in [6, 6.07) is 5.85. The van der Waals surface area contributed by atoms with E-state index >= 15 is 0 Å². The van der Waals surface area contributed by atoms with Crippen molar-refractivity contribution in [3.05, 3.63) is 23.8 Å². The molecule has 0 aliphatic carbocycles. The summed E-state index contributed by atoms with van der Waals surface area (Å²) >= 11 is 0. The minimum atomic E-state index is 0.118. The third kappa shape index (κ3) is 2.65. The zero-order valence-corrected chi connectivity index (χ0v) is 11.4. The molecule has 2 heterocycles. The molecule has 106 valence electrons. The van der Waals surface area contributed by atoms with Crippen LogP contribution in [0.5, 0.6) is 0 Å². The molecule has 0 spiro atoms. The summed E-state index contributed by atoms with van der Waals surface area (Å²) in [5.41, 5.74) is 2.32. The number of ether oxygens (including phenoxy) is 1. The van der Waals surface area contributed by atoms with Gasteiger partial charge >= 0.3 is 0 Å². The van der Waals surface area contributed by atoms with Crippen LogP contribution in [0.2, 0.25) is 0 Å². The normalized spacial score (nSPS) is 16.4. The molecule has 0 atom stereocenters. The maximum atomic E-state index is 12.3. The SMILES string of the molecule is CN(C(=O)Cc1ccc2nonc2c1)C1CCOCC1. The lowest BCUT2D eigenvalue weighted by molar-refractivity contribution is -0.132. The van der Waals surface area contributed by atoms with Crippen LogP contribution in [0.15, 0.2) is 22.8 Å². The molecular formula is C14H17N3O3. The minimum Gasteiger partial charge on any atom is -0.381 e. The third-order valence-corrected chi connectivity index (χ3v) is 3.81. The molecule has 0 N–H and O–H groups in total. The average Bonchev–Trinajstić information content (AvgIpc) is 2.95. The summed E-state index contributed by atoms with van der Waals surface area (Å²) in [7, 11) is 1.87. The van der Waals surface area contributed by atoms with E-state index in [-0.39, 0.29) is 11.9 Å². The van der Waals surface area contributed by atoms with E-state index in [9.17, 15) is 4.79 Å². The van der Waals surface area contributed by atoms with Crippen LogP contribution in [-0.4, -0.2) is 47.4 Å². The molecule has 1 amide bonds. The van der Waals surface area contributed by atoms with Crippen LogP contribution >= 0.6 is 0 Å². The van der Waals surface area contributed by atoms with E-state index in [4.69, 9.17) is 4.74 Å². The van der Waals surface area contributed by atoms with Crippen molar-refractivity contribution in [3.63, 3.8) is 0 Å². The minimum absolute atomic E-state index is 0.118. The number of hydrogen-bond donors (Lipinski definition) is 0. The highest BCUT2D eigenvalue weighted by Crippen LogP contribution is 2.16. The molecule has 20 heavy (non-hydrogen) atoms. The number of nitrogens with zero attached hydrogens (tertiary/aromatic N) is 3. The number of amides is 1. The first-order chi connectivity index (χ1) is 9.74. The fraction of sp³-hybridized carbons (Fsp3) is 0.500. The van der Waals surface area contributed by atoms with Crippen molar-refractivity contribution < 1.29 is 14.2 Å². The van der Waals surface area contributed by atoms with Crippen molar-refractivity contribution in [2.45, 2.75) is 25.3 Å². The second-order valence-corrected chi connectivity index (χ2v) is 5.11. The van der Waals surface area contributed by atoms with Crippen LogP contribution in [0.1, 0.15) is 18.4 Å². The number of fused-ring (bicyclic) bond motifs is 1. The highest BCUT2D eigenvalue weighted by atomic mass is 16.6. The summed E-state index contributed by atoms with van der Waals surface area (Å²) in [5.74, 6) is 0.118. The molecular weight excluding hydrogens is 258 g/mol. The largest absolute Gasteiger partial charge is 0.381 e. The van der Waals surface area contributed by atoms with Gasteiger partial charge in [-0.25, -0.2) is 4.63 Å². The molecule has 0 radical (unpaired) electrons. The predicted octanol–water partition coefficient (Wildman–Crippen LogP) is 1.40. The van der Waals surface area contributed by atoms with Gasteiger partial charge < -0.3 is 9.64 Å². The van der Waals surface area contributed by atoms with Crippen LogP contribution in [0.4, 0.5) is 0 Å². The molecule has 1 aliphatic rings. The Kier molecular flexibility index (Phi) is 3.64. The Hall–Kier alpha value is -1.95. The molecule has 1 aromatic carbocycles. The van der Waals surface area contributed by atoms with Gasteiger partial charge in [-0.15, -0.1) is 0 Å². The van der Waals surface area contributed by atoms with Gasteiger partial charge in [-0.1, -0.05) is 6.07 Å². The lowest BCUT2D eigenvalue weighted by Crippen LogP contribution is -2.41. The Morgan fingerprint density at radius 3 is 2.85 bits per heavy atom. The zero-order chi connectivity index (χ0) is 13.9. The van der Waals surface area contributed by atoms with Gasteiger partial charge in [0.15, 0.2) is 0 Å². The Labute approximate surface area is 116 Å². The number of hydrogen-bond acceptors (Lipinski definition) is 5. The van der Waals surface area contributed by atoms with Crippen molar-refractivity contribution in [2.24, 2.45) is 0 Å². The molecule has 0 saturated carbocycles. The Balaban J connectivity index is 1.67. The first-order valence-electron chi connectivity index (χ1n) is 6.78. The fourth-order valence-corrected chi connectivity index (χ4v) is 2.51. The quantitative estimate of drug-likeness (QED) is 0.847. The van der Waals surface area contributed by atoms with Crippen molar-refractivity contribution in [1.82, 2.24) is 15.2 Å². The second-order valence-electron chi connectivity index (χ2n) is 5.11. The van der Waals surface area contributed by atoms with Crippen LogP contribution in [0.25, 0.3) is 11.0 Å². The lowest BCUT2D eigenvalue weighted by Gasteiger charge is -2.31. The van der Waals surface area contributed by atoms with Crippen molar-refractivity contribution in [1.29, 1.82) is 0 Å². The number of benzene rings is 1. The number of rotatable bonds is 3. The summed E-state index contributed by atoms with van der Waals surface area (Å²) in [5, 5.41) is 7.55. The zero-order valence-electron chi connectivity index (χ0n) is 11.4. The number of carbonyl (C=O) groups excluding carboxylic acids is 1. The first kappa shape index (κ1) is 13.1. The maximum absolute atomic E-state index is 12.3. The van der Waals surface area contributed by atoms with Gasteiger partial charge in [-0.3, -0.25) is 4.79 Å². The van der Waals surface area contributed by atoms with Gasteiger partial charge in [-0.2, -0.15) is 0 Å². The van der Waals surface area contributed by atoms with Gasteiger partial charge in [-0.05, 0) is 40.9 Å². The van der Waals surface area contributed by atoms with Gasteiger partial charge in [0.25, 0.3) is 0 Å². The standard InChI is InChI=1S/C14H17N3O3/c1-17(11-4-6-19-7-5-11)14(18)9-10-2-3-12-13(8-10)16-20-15-12/h2-3,8,11H,4-7,9H2,1H3. The molecule has 1 aliphatic heterocycles. The van der Waals surface area contributed by atoms with Crippen LogP contribution in [-0.2, 0) is 16.0 Å². The van der Waals surface area contributed by atoms with Crippen molar-refractivity contribution >= 4 is 16.9 Å². The van der Waals surface area contributed by atoms with E-state index in [1.807, 2.05) is 30.1 Å². The molecule has 6 nitrogen and oxygen atoms in total. The summed E-state index contributed by atoms with van der Waals surface area (Å²) in [6.45, 7) is 1.47. The molecule has 6 heteroatoms. The molecule has 0 bridgehead atoms. The summed E-state index contributed by atoms with van der Waals surface area (Å²) in [6.07, 6.45) is 2.19. The van der Waals surface area contributed by atoms with E-state index in [1.54, 1.807) is 0 Å². The van der Waals surface area contributed by atoms with Crippen molar-refractivity contribution in [3.8, 4) is 0 Å². The second kappa shape index (κ2) is 5.58. The van der Waals surface area contributed by atoms with Gasteiger partial charge in [0.2, 0.25) is 5.91 Å². The monoisotopic (exact) mass is 275 g/mol. The fourth-order valence-electron chi connectivity index (χ4n) is 2.51. The molecule has 1 aromatic heterocycles. The van der Waals surface area contributed by atoms with E-state index in [2.05, 4.69) is 14.9 Å². The molecule has 1 saturated heterocycles.